The van der Waals surface area contributed by atoms with Crippen LogP contribution in [0.4, 0.5) is 0 Å². The summed E-state index contributed by atoms with van der Waals surface area (Å²) in [5.74, 6) is -0.599. The van der Waals surface area contributed by atoms with E-state index in [2.05, 4.69) is 4.74 Å². The number of hydrogen-bond donors (Lipinski definition) is 0. The van der Waals surface area contributed by atoms with Gasteiger partial charge in [0, 0.05) is 0 Å². The molecule has 0 amide bonds. The Morgan fingerprint density at radius 3 is 2.20 bits per heavy atom. The largest absolute Gasteiger partial charge is 2.00 e. The number of hydrogen-bond acceptors (Lipinski definition) is 3. The van der Waals surface area contributed by atoms with E-state index in [1.807, 2.05) is 0 Å². The van der Waals surface area contributed by atoms with E-state index in [-0.39, 0.29) is 31.7 Å². The van der Waals surface area contributed by atoms with Gasteiger partial charge in [0.05, 0.1) is 6.61 Å². The van der Waals surface area contributed by atoms with Crippen molar-refractivity contribution in [3.05, 3.63) is 0 Å². The number of carbonyl (C=O) groups is 2. The fraction of sp³-hybridized carbons (Fsp3) is 0.667. The normalized spacial score (nSPS) is 7.80. The molecule has 0 N–H and O–H groups in total. The third-order valence-electron chi connectivity index (χ3n) is 0.699. The van der Waals surface area contributed by atoms with Crippen LogP contribution < -0.4 is 0 Å². The maximum atomic E-state index is 10.4. The quantitative estimate of drug-likeness (QED) is 0.375. The molecule has 0 aliphatic heterocycles. The number of esters is 1. The Balaban J connectivity index is 0. The Hall–Kier alpha value is -0.237. The van der Waals surface area contributed by atoms with Crippen LogP contribution in [0.2, 0.25) is 0 Å². The van der Waals surface area contributed by atoms with Crippen LogP contribution in [0, 0.1) is 0 Å². The topological polar surface area (TPSA) is 43.4 Å². The summed E-state index contributed by atoms with van der Waals surface area (Å²) < 4.78 is 4.49. The zero-order valence-electron chi connectivity index (χ0n) is 6.35. The van der Waals surface area contributed by atoms with Crippen LogP contribution in [0.15, 0.2) is 0 Å². The third-order valence-corrected chi connectivity index (χ3v) is 0.699. The van der Waals surface area contributed by atoms with Gasteiger partial charge in [0.25, 0.3) is 0 Å². The van der Waals surface area contributed by atoms with E-state index in [0.717, 1.165) is 0 Å². The fourth-order valence-corrected chi connectivity index (χ4v) is 0.415. The summed E-state index contributed by atoms with van der Waals surface area (Å²) in [7, 11) is 0. The molecule has 0 atom stereocenters. The van der Waals surface area contributed by atoms with Gasteiger partial charge in [0.1, 0.15) is 12.2 Å². The Kier molecular flexibility index (Phi) is 8.56. The summed E-state index contributed by atoms with van der Waals surface area (Å²) in [5.41, 5.74) is 0. The van der Waals surface area contributed by atoms with Crippen molar-refractivity contribution in [2.24, 2.45) is 0 Å². The molecular weight excluding hydrogens is 185 g/mol. The summed E-state index contributed by atoms with van der Waals surface area (Å²) >= 11 is 0. The molecule has 0 saturated heterocycles. The second-order valence-corrected chi connectivity index (χ2v) is 1.68. The van der Waals surface area contributed by atoms with E-state index < -0.39 is 5.97 Å². The van der Waals surface area contributed by atoms with Crippen molar-refractivity contribution >= 4 is 11.8 Å². The molecule has 4 heteroatoms. The smallest absolute Gasteiger partial charge is 0.466 e. The van der Waals surface area contributed by atoms with Crippen LogP contribution in [-0.4, -0.2) is 18.4 Å². The Morgan fingerprint density at radius 2 is 1.90 bits per heavy atom. The summed E-state index contributed by atoms with van der Waals surface area (Å²) in [6, 6.07) is 0. The maximum Gasteiger partial charge on any atom is 2.00 e. The molecule has 0 aromatic carbocycles. The molecular formula is C6H10O3Zn+2. The molecule has 0 fully saturated rings. The monoisotopic (exact) mass is 194 g/mol. The molecule has 0 heterocycles. The van der Waals surface area contributed by atoms with Crippen LogP contribution in [-0.2, 0) is 33.8 Å². The summed E-state index contributed by atoms with van der Waals surface area (Å²) in [5, 5.41) is 0. The van der Waals surface area contributed by atoms with Crippen molar-refractivity contribution in [3.63, 3.8) is 0 Å². The average molecular weight is 196 g/mol. The van der Waals surface area contributed by atoms with Crippen LogP contribution in [0.5, 0.6) is 0 Å². The molecule has 52 valence electrons. The van der Waals surface area contributed by atoms with Gasteiger partial charge in [0.2, 0.25) is 0 Å². The Morgan fingerprint density at radius 1 is 1.40 bits per heavy atom. The van der Waals surface area contributed by atoms with E-state index in [9.17, 15) is 9.59 Å². The van der Waals surface area contributed by atoms with Crippen molar-refractivity contribution in [2.75, 3.05) is 6.61 Å². The molecule has 0 aliphatic carbocycles. The van der Waals surface area contributed by atoms with E-state index in [1.165, 1.54) is 6.92 Å². The molecule has 0 radical (unpaired) electrons. The Bertz CT molecular complexity index is 122. The van der Waals surface area contributed by atoms with Gasteiger partial charge in [-0.2, -0.15) is 0 Å². The van der Waals surface area contributed by atoms with Crippen LogP contribution in [0.1, 0.15) is 20.3 Å². The van der Waals surface area contributed by atoms with Crippen molar-refractivity contribution in [3.8, 4) is 0 Å². The van der Waals surface area contributed by atoms with Gasteiger partial charge in [-0.3, -0.25) is 9.59 Å². The zero-order chi connectivity index (χ0) is 7.28. The first kappa shape index (κ1) is 12.4. The van der Waals surface area contributed by atoms with Crippen LogP contribution >= 0.6 is 0 Å². The van der Waals surface area contributed by atoms with Crippen molar-refractivity contribution in [2.45, 2.75) is 20.3 Å². The minimum atomic E-state index is -0.440. The molecule has 3 nitrogen and oxygen atoms in total. The van der Waals surface area contributed by atoms with E-state index in [1.54, 1.807) is 6.92 Å². The number of ether oxygens (including phenoxy) is 1. The van der Waals surface area contributed by atoms with Gasteiger partial charge in [-0.05, 0) is 13.8 Å². The second-order valence-electron chi connectivity index (χ2n) is 1.68. The third kappa shape index (κ3) is 7.76. The SMILES string of the molecule is CCOC(=O)CC(C)=O.[Zn+2]. The van der Waals surface area contributed by atoms with Crippen molar-refractivity contribution in [1.29, 1.82) is 0 Å². The zero-order valence-corrected chi connectivity index (χ0v) is 9.31. The molecule has 0 aromatic rings. The first-order valence-corrected chi connectivity index (χ1v) is 2.82. The van der Waals surface area contributed by atoms with Gasteiger partial charge in [-0.25, -0.2) is 0 Å². The molecule has 0 aliphatic rings. The first-order valence-electron chi connectivity index (χ1n) is 2.82. The fourth-order valence-electron chi connectivity index (χ4n) is 0.415. The molecule has 0 rings (SSSR count). The first-order chi connectivity index (χ1) is 4.16. The molecule has 0 bridgehead atoms. The van der Waals surface area contributed by atoms with Gasteiger partial charge in [-0.15, -0.1) is 0 Å². The number of carbonyl (C=O) groups excluding carboxylic acids is 2. The minimum absolute atomic E-state index is 0. The van der Waals surface area contributed by atoms with Gasteiger partial charge >= 0.3 is 25.4 Å². The number of rotatable bonds is 3. The van der Waals surface area contributed by atoms with Gasteiger partial charge < -0.3 is 4.74 Å². The average Bonchev–Trinajstić information content (AvgIpc) is 1.63. The van der Waals surface area contributed by atoms with Crippen molar-refractivity contribution in [1.82, 2.24) is 0 Å². The summed E-state index contributed by atoms with van der Waals surface area (Å²) in [6.45, 7) is 3.40. The molecule has 0 aromatic heterocycles. The molecule has 10 heavy (non-hydrogen) atoms. The predicted molar refractivity (Wildman–Crippen MR) is 31.9 cm³/mol. The minimum Gasteiger partial charge on any atom is -0.466 e. The molecule has 0 saturated carbocycles. The molecule has 0 unspecified atom stereocenters. The van der Waals surface area contributed by atoms with Gasteiger partial charge in [0.15, 0.2) is 0 Å². The van der Waals surface area contributed by atoms with E-state index >= 15 is 0 Å². The summed E-state index contributed by atoms with van der Waals surface area (Å²) in [4.78, 5) is 20.6. The van der Waals surface area contributed by atoms with Gasteiger partial charge in [-0.1, -0.05) is 0 Å². The predicted octanol–water partition coefficient (Wildman–Crippen LogP) is 0.526. The molecule has 0 spiro atoms. The second kappa shape index (κ2) is 6.88. The van der Waals surface area contributed by atoms with Crippen molar-refractivity contribution < 1.29 is 33.8 Å². The van der Waals surface area contributed by atoms with E-state index in [4.69, 9.17) is 0 Å². The van der Waals surface area contributed by atoms with E-state index in [0.29, 0.717) is 6.61 Å². The maximum absolute atomic E-state index is 10.4. The summed E-state index contributed by atoms with van der Waals surface area (Å²) in [6.07, 6.45) is -0.103. The van der Waals surface area contributed by atoms with Crippen LogP contribution in [0.25, 0.3) is 0 Å². The number of Topliss-reactive ketones (excluding diaryl/α,β-unsaturated/α-hetero) is 1. The Labute approximate surface area is 72.9 Å². The standard InChI is InChI=1S/C6H10O3.Zn/c1-3-9-6(8)4-5(2)7;/h3-4H2,1-2H3;/q;+2. The number of ketones is 1. The van der Waals surface area contributed by atoms with Crippen LogP contribution in [0.3, 0.4) is 0 Å².